The first-order valence-corrected chi connectivity index (χ1v) is 8.84. The Balaban J connectivity index is 1.47. The van der Waals surface area contributed by atoms with E-state index in [0.29, 0.717) is 31.3 Å². The zero-order valence-corrected chi connectivity index (χ0v) is 14.1. The molecule has 1 heterocycles. The van der Waals surface area contributed by atoms with Gasteiger partial charge in [0.2, 0.25) is 5.91 Å². The first-order valence-electron chi connectivity index (χ1n) is 8.84. The van der Waals surface area contributed by atoms with E-state index in [2.05, 4.69) is 12.2 Å². The summed E-state index contributed by atoms with van der Waals surface area (Å²) < 4.78 is 0. The molecule has 6 nitrogen and oxygen atoms in total. The van der Waals surface area contributed by atoms with E-state index in [1.807, 2.05) is 11.9 Å². The number of carbonyl (C=O) groups is 3. The van der Waals surface area contributed by atoms with E-state index in [0.717, 1.165) is 25.7 Å². The van der Waals surface area contributed by atoms with Gasteiger partial charge in [0, 0.05) is 26.1 Å². The van der Waals surface area contributed by atoms with Gasteiger partial charge in [0.05, 0.1) is 0 Å². The van der Waals surface area contributed by atoms with Gasteiger partial charge in [-0.3, -0.25) is 14.5 Å². The van der Waals surface area contributed by atoms with Crippen LogP contribution >= 0.6 is 0 Å². The quantitative estimate of drug-likeness (QED) is 0.760. The Hall–Kier alpha value is -1.59. The Morgan fingerprint density at radius 3 is 2.61 bits per heavy atom. The zero-order valence-electron chi connectivity index (χ0n) is 14.1. The molecule has 0 bridgehead atoms. The predicted molar refractivity (Wildman–Crippen MR) is 85.6 cm³/mol. The minimum absolute atomic E-state index is 0.0906. The highest BCUT2D eigenvalue weighted by molar-refractivity contribution is 6.07. The minimum Gasteiger partial charge on any atom is -0.343 e. The van der Waals surface area contributed by atoms with Gasteiger partial charge in [0.1, 0.15) is 5.54 Å². The van der Waals surface area contributed by atoms with Crippen molar-refractivity contribution in [3.05, 3.63) is 0 Å². The molecule has 1 saturated heterocycles. The van der Waals surface area contributed by atoms with E-state index < -0.39 is 5.54 Å². The Bertz CT molecular complexity index is 509. The maximum atomic E-state index is 12.5. The van der Waals surface area contributed by atoms with Crippen molar-refractivity contribution < 1.29 is 14.4 Å². The van der Waals surface area contributed by atoms with Crippen molar-refractivity contribution in [1.29, 1.82) is 0 Å². The maximum absolute atomic E-state index is 12.5. The molecule has 0 aromatic heterocycles. The van der Waals surface area contributed by atoms with Gasteiger partial charge in [0.25, 0.3) is 5.91 Å². The van der Waals surface area contributed by atoms with Crippen molar-refractivity contribution in [1.82, 2.24) is 15.1 Å². The SMILES string of the molecule is CC(C1CC1)N(C)C(=O)CCCN1C(=O)NC2(CCCC2)C1=O. The molecule has 3 aliphatic rings. The Kier molecular flexibility index (Phi) is 4.34. The summed E-state index contributed by atoms with van der Waals surface area (Å²) >= 11 is 0. The largest absolute Gasteiger partial charge is 0.343 e. The second-order valence-corrected chi connectivity index (χ2v) is 7.36. The van der Waals surface area contributed by atoms with Crippen LogP contribution in [0.1, 0.15) is 58.3 Å². The van der Waals surface area contributed by atoms with Gasteiger partial charge < -0.3 is 10.2 Å². The van der Waals surface area contributed by atoms with E-state index >= 15 is 0 Å². The lowest BCUT2D eigenvalue weighted by atomic mass is 9.98. The Labute approximate surface area is 137 Å². The third kappa shape index (κ3) is 3.08. The molecule has 0 radical (unpaired) electrons. The van der Waals surface area contributed by atoms with Crippen LogP contribution in [0.4, 0.5) is 4.79 Å². The number of rotatable bonds is 6. The van der Waals surface area contributed by atoms with Crippen LogP contribution in [0.3, 0.4) is 0 Å². The molecule has 0 aromatic carbocycles. The summed E-state index contributed by atoms with van der Waals surface area (Å²) in [4.78, 5) is 39.9. The van der Waals surface area contributed by atoms with Crippen LogP contribution < -0.4 is 5.32 Å². The highest BCUT2D eigenvalue weighted by Crippen LogP contribution is 2.36. The number of hydrogen-bond donors (Lipinski definition) is 1. The van der Waals surface area contributed by atoms with Crippen molar-refractivity contribution >= 4 is 17.8 Å². The van der Waals surface area contributed by atoms with Crippen LogP contribution in [0.2, 0.25) is 0 Å². The summed E-state index contributed by atoms with van der Waals surface area (Å²) in [7, 11) is 1.85. The monoisotopic (exact) mass is 321 g/mol. The van der Waals surface area contributed by atoms with Gasteiger partial charge in [-0.1, -0.05) is 12.8 Å². The first kappa shape index (κ1) is 16.3. The van der Waals surface area contributed by atoms with E-state index in [9.17, 15) is 14.4 Å². The second kappa shape index (κ2) is 6.13. The third-order valence-corrected chi connectivity index (χ3v) is 5.78. The van der Waals surface area contributed by atoms with Crippen molar-refractivity contribution in [2.45, 2.75) is 69.9 Å². The Morgan fingerprint density at radius 2 is 2.00 bits per heavy atom. The molecule has 2 aliphatic carbocycles. The molecule has 1 aliphatic heterocycles. The fourth-order valence-corrected chi connectivity index (χ4v) is 3.88. The van der Waals surface area contributed by atoms with Crippen LogP contribution in [-0.2, 0) is 9.59 Å². The number of nitrogens with zero attached hydrogens (tertiary/aromatic N) is 2. The van der Waals surface area contributed by atoms with Crippen LogP contribution in [-0.4, -0.2) is 52.8 Å². The third-order valence-electron chi connectivity index (χ3n) is 5.78. The molecule has 1 spiro atoms. The number of urea groups is 1. The maximum Gasteiger partial charge on any atom is 0.325 e. The smallest absolute Gasteiger partial charge is 0.325 e. The highest BCUT2D eigenvalue weighted by Gasteiger charge is 2.52. The summed E-state index contributed by atoms with van der Waals surface area (Å²) in [6, 6.07) is 0.00466. The summed E-state index contributed by atoms with van der Waals surface area (Å²) in [6.45, 7) is 2.43. The summed E-state index contributed by atoms with van der Waals surface area (Å²) in [5, 5.41) is 2.87. The van der Waals surface area contributed by atoms with E-state index in [4.69, 9.17) is 0 Å². The lowest BCUT2D eigenvalue weighted by Gasteiger charge is -2.25. The summed E-state index contributed by atoms with van der Waals surface area (Å²) in [5.41, 5.74) is -0.641. The average Bonchev–Trinajstić information content (AvgIpc) is 3.23. The van der Waals surface area contributed by atoms with E-state index in [1.165, 1.54) is 17.7 Å². The fourth-order valence-electron chi connectivity index (χ4n) is 3.88. The molecule has 2 saturated carbocycles. The number of hydrogen-bond acceptors (Lipinski definition) is 3. The van der Waals surface area contributed by atoms with Gasteiger partial charge >= 0.3 is 6.03 Å². The van der Waals surface area contributed by atoms with Gasteiger partial charge in [-0.25, -0.2) is 4.79 Å². The number of amides is 4. The van der Waals surface area contributed by atoms with Gasteiger partial charge in [0.15, 0.2) is 0 Å². The standard InChI is InChI=1S/C17H27N3O3/c1-12(13-7-8-13)19(2)14(21)6-5-11-20-15(22)17(18-16(20)23)9-3-4-10-17/h12-13H,3-11H2,1-2H3,(H,18,23). The molecular formula is C17H27N3O3. The molecule has 3 fully saturated rings. The van der Waals surface area contributed by atoms with Crippen LogP contribution in [0.15, 0.2) is 0 Å². The summed E-state index contributed by atoms with van der Waals surface area (Å²) in [6.07, 6.45) is 6.81. The molecule has 6 heteroatoms. The van der Waals surface area contributed by atoms with Crippen molar-refractivity contribution in [2.24, 2.45) is 5.92 Å². The molecule has 1 N–H and O–H groups in total. The average molecular weight is 321 g/mol. The van der Waals surface area contributed by atoms with Gasteiger partial charge in [-0.05, 0) is 44.9 Å². The first-order chi connectivity index (χ1) is 10.9. The normalized spacial score (nSPS) is 24.2. The molecule has 0 aromatic rings. The van der Waals surface area contributed by atoms with E-state index in [-0.39, 0.29) is 17.8 Å². The predicted octanol–water partition coefficient (Wildman–Crippen LogP) is 1.89. The van der Waals surface area contributed by atoms with Crippen molar-refractivity contribution in [3.8, 4) is 0 Å². The summed E-state index contributed by atoms with van der Waals surface area (Å²) in [5.74, 6) is 0.663. The molecule has 1 atom stereocenters. The molecule has 1 unspecified atom stereocenters. The van der Waals surface area contributed by atoms with Crippen LogP contribution in [0.25, 0.3) is 0 Å². The van der Waals surface area contributed by atoms with Crippen LogP contribution in [0.5, 0.6) is 0 Å². The molecule has 23 heavy (non-hydrogen) atoms. The fraction of sp³-hybridized carbons (Fsp3) is 0.824. The number of imide groups is 1. The molecule has 128 valence electrons. The number of nitrogens with one attached hydrogen (secondary N) is 1. The van der Waals surface area contributed by atoms with Gasteiger partial charge in [-0.2, -0.15) is 0 Å². The zero-order chi connectivity index (χ0) is 16.6. The minimum atomic E-state index is -0.641. The lowest BCUT2D eigenvalue weighted by Crippen LogP contribution is -2.44. The topological polar surface area (TPSA) is 69.7 Å². The van der Waals surface area contributed by atoms with Crippen LogP contribution in [0, 0.1) is 5.92 Å². The molecular weight excluding hydrogens is 294 g/mol. The van der Waals surface area contributed by atoms with Crippen molar-refractivity contribution in [3.63, 3.8) is 0 Å². The lowest BCUT2D eigenvalue weighted by molar-refractivity contribution is -0.134. The Morgan fingerprint density at radius 1 is 1.35 bits per heavy atom. The number of carbonyl (C=O) groups excluding carboxylic acids is 3. The van der Waals surface area contributed by atoms with Crippen molar-refractivity contribution in [2.75, 3.05) is 13.6 Å². The highest BCUT2D eigenvalue weighted by atomic mass is 16.2. The van der Waals surface area contributed by atoms with E-state index in [1.54, 1.807) is 0 Å². The molecule has 3 rings (SSSR count). The molecule has 4 amide bonds. The van der Waals surface area contributed by atoms with Gasteiger partial charge in [-0.15, -0.1) is 0 Å². The second-order valence-electron chi connectivity index (χ2n) is 7.36.